The summed E-state index contributed by atoms with van der Waals surface area (Å²) in [5.74, 6) is 0. The number of ether oxygens (including phenoxy) is 6. The van der Waals surface area contributed by atoms with Crippen LogP contribution in [0.25, 0.3) is 0 Å². The van der Waals surface area contributed by atoms with E-state index >= 15 is 0 Å². The Bertz CT molecular complexity index is 176. The molecule has 0 spiro atoms. The first-order chi connectivity index (χ1) is 15.0. The van der Waals surface area contributed by atoms with Gasteiger partial charge in [0.25, 0.3) is 0 Å². The molecule has 0 bridgehead atoms. The minimum Gasteiger partial charge on any atom is -0.381 e. The maximum atomic E-state index is 4.94. The summed E-state index contributed by atoms with van der Waals surface area (Å²) >= 11 is 0. The molecule has 0 aromatic carbocycles. The molecule has 0 saturated carbocycles. The van der Waals surface area contributed by atoms with Gasteiger partial charge in [0.15, 0.2) is 0 Å². The van der Waals surface area contributed by atoms with Crippen molar-refractivity contribution in [1.29, 1.82) is 0 Å². The van der Waals surface area contributed by atoms with Gasteiger partial charge < -0.3 is 35.8 Å². The minimum atomic E-state index is 0. The third-order valence-electron chi connectivity index (χ3n) is 4.96. The normalized spacial score (nSPS) is 22.5. The summed E-state index contributed by atoms with van der Waals surface area (Å²) in [4.78, 5) is 0. The molecule has 0 aromatic heterocycles. The van der Waals surface area contributed by atoms with Gasteiger partial charge in [0.2, 0.25) is 0 Å². The van der Waals surface area contributed by atoms with Crippen LogP contribution in [0.4, 0.5) is 0 Å². The molecule has 0 N–H and O–H groups in total. The van der Waals surface area contributed by atoms with Crippen LogP contribution in [0.5, 0.6) is 0 Å². The van der Waals surface area contributed by atoms with Crippen molar-refractivity contribution in [3.05, 3.63) is 7.43 Å². The van der Waals surface area contributed by atoms with E-state index < -0.39 is 0 Å². The fourth-order valence-electron chi connectivity index (χ4n) is 3.06. The molecule has 6 rings (SSSR count). The molecule has 6 saturated heterocycles. The van der Waals surface area contributed by atoms with Gasteiger partial charge >= 0.3 is 32.7 Å². The zero-order chi connectivity index (χ0) is 21.2. The Kier molecular flexibility index (Phi) is 34.9. The molecule has 0 amide bonds. The third-order valence-corrected chi connectivity index (χ3v) is 4.96. The van der Waals surface area contributed by atoms with Gasteiger partial charge in [-0.3, -0.25) is 0 Å². The van der Waals surface area contributed by atoms with E-state index in [4.69, 9.17) is 28.4 Å². The molecule has 32 heavy (non-hydrogen) atoms. The van der Waals surface area contributed by atoms with Gasteiger partial charge in [0.1, 0.15) is 0 Å². The SMILES string of the molecule is C1CCOC1.C1CCOC1.C1CCOC1.C1CCOC1.C1CCOC1.C1CCOC1.[CH3-].[Y+3]. The van der Waals surface area contributed by atoms with E-state index in [0.717, 1.165) is 79.3 Å². The van der Waals surface area contributed by atoms with Crippen LogP contribution < -0.4 is 0 Å². The van der Waals surface area contributed by atoms with Crippen molar-refractivity contribution in [2.45, 2.75) is 77.0 Å². The fourth-order valence-corrected chi connectivity index (χ4v) is 3.06. The molecule has 6 fully saturated rings. The Hall–Kier alpha value is 0.864. The average molecular weight is 537 g/mol. The van der Waals surface area contributed by atoms with Crippen molar-refractivity contribution in [2.75, 3.05) is 79.3 Å². The Morgan fingerprint density at radius 1 is 0.219 bits per heavy atom. The molecule has 0 atom stereocenters. The Morgan fingerprint density at radius 2 is 0.312 bits per heavy atom. The van der Waals surface area contributed by atoms with Gasteiger partial charge in [-0.2, -0.15) is 0 Å². The molecule has 0 aromatic rings. The first-order valence-corrected chi connectivity index (χ1v) is 12.5. The Morgan fingerprint density at radius 3 is 0.344 bits per heavy atom. The van der Waals surface area contributed by atoms with Crippen LogP contribution in [0.1, 0.15) is 77.0 Å². The van der Waals surface area contributed by atoms with E-state index in [0.29, 0.717) is 0 Å². The summed E-state index contributed by atoms with van der Waals surface area (Å²) in [6, 6.07) is 0. The van der Waals surface area contributed by atoms with Gasteiger partial charge in [-0.15, -0.1) is 0 Å². The van der Waals surface area contributed by atoms with Crippen LogP contribution in [0.2, 0.25) is 0 Å². The van der Waals surface area contributed by atoms with Crippen LogP contribution >= 0.6 is 0 Å². The van der Waals surface area contributed by atoms with Crippen LogP contribution in [-0.2, 0) is 61.1 Å². The van der Waals surface area contributed by atoms with Crippen LogP contribution in [0.3, 0.4) is 0 Å². The summed E-state index contributed by atoms with van der Waals surface area (Å²) in [6.07, 6.45) is 15.3. The van der Waals surface area contributed by atoms with E-state index in [1.165, 1.54) is 77.0 Å². The van der Waals surface area contributed by atoms with Gasteiger partial charge in [0.05, 0.1) is 0 Å². The molecule has 0 radical (unpaired) electrons. The van der Waals surface area contributed by atoms with Gasteiger partial charge in [-0.25, -0.2) is 0 Å². The largest absolute Gasteiger partial charge is 3.00 e. The van der Waals surface area contributed by atoms with E-state index in [1.54, 1.807) is 0 Å². The summed E-state index contributed by atoms with van der Waals surface area (Å²) < 4.78 is 29.7. The smallest absolute Gasteiger partial charge is 0.381 e. The monoisotopic (exact) mass is 536 g/mol. The van der Waals surface area contributed by atoms with Crippen molar-refractivity contribution >= 4 is 0 Å². The summed E-state index contributed by atoms with van der Waals surface area (Å²) in [7, 11) is 0. The molecule has 7 heteroatoms. The summed E-state index contributed by atoms with van der Waals surface area (Å²) in [5.41, 5.74) is 0. The molecule has 188 valence electrons. The van der Waals surface area contributed by atoms with E-state index in [1.807, 2.05) is 0 Å². The van der Waals surface area contributed by atoms with Crippen molar-refractivity contribution < 1.29 is 61.1 Å². The Balaban J connectivity index is 0. The van der Waals surface area contributed by atoms with Crippen molar-refractivity contribution in [3.8, 4) is 0 Å². The van der Waals surface area contributed by atoms with E-state index in [-0.39, 0.29) is 40.1 Å². The van der Waals surface area contributed by atoms with Crippen molar-refractivity contribution in [1.82, 2.24) is 0 Å². The first kappa shape index (κ1) is 35.0. The second kappa shape index (κ2) is 31.9. The third kappa shape index (κ3) is 28.9. The average Bonchev–Trinajstić information content (AvgIpc) is 3.69. The molecule has 6 aliphatic heterocycles. The van der Waals surface area contributed by atoms with Crippen molar-refractivity contribution in [2.24, 2.45) is 0 Å². The standard InChI is InChI=1S/6C4H8O.CH3.Y/c6*1-2-4-5-3-1;;/h6*1-4H2;1H3;/q;;;;;;-1;+3. The Labute approximate surface area is 224 Å². The zero-order valence-electron chi connectivity index (χ0n) is 21.0. The predicted octanol–water partition coefficient (Wildman–Crippen LogP) is 5.23. The quantitative estimate of drug-likeness (QED) is 0.396. The summed E-state index contributed by atoms with van der Waals surface area (Å²) in [5, 5.41) is 0. The topological polar surface area (TPSA) is 55.4 Å². The predicted molar refractivity (Wildman–Crippen MR) is 127 cm³/mol. The molecular weight excluding hydrogens is 485 g/mol. The molecule has 6 heterocycles. The molecule has 0 aliphatic carbocycles. The van der Waals surface area contributed by atoms with Crippen LogP contribution in [0, 0.1) is 7.43 Å². The molecular formula is C25H51O6Y+2. The van der Waals surface area contributed by atoms with E-state index in [9.17, 15) is 0 Å². The van der Waals surface area contributed by atoms with Gasteiger partial charge in [0, 0.05) is 79.3 Å². The van der Waals surface area contributed by atoms with Crippen LogP contribution in [-0.4, -0.2) is 79.3 Å². The van der Waals surface area contributed by atoms with Gasteiger partial charge in [-0.05, 0) is 77.0 Å². The van der Waals surface area contributed by atoms with Gasteiger partial charge in [-0.1, -0.05) is 0 Å². The molecule has 6 nitrogen and oxygen atoms in total. The molecule has 0 unspecified atom stereocenters. The number of rotatable bonds is 0. The minimum absolute atomic E-state index is 0. The first-order valence-electron chi connectivity index (χ1n) is 12.5. The number of hydrogen-bond donors (Lipinski definition) is 0. The maximum absolute atomic E-state index is 4.94. The summed E-state index contributed by atoms with van der Waals surface area (Å²) in [6.45, 7) is 12.0. The second-order valence-electron chi connectivity index (χ2n) is 7.92. The maximum Gasteiger partial charge on any atom is 3.00 e. The number of hydrogen-bond acceptors (Lipinski definition) is 6. The fraction of sp³-hybridized carbons (Fsp3) is 0.960. The zero-order valence-corrected chi connectivity index (χ0v) is 23.8. The van der Waals surface area contributed by atoms with E-state index in [2.05, 4.69) is 0 Å². The van der Waals surface area contributed by atoms with Crippen LogP contribution in [0.15, 0.2) is 0 Å². The van der Waals surface area contributed by atoms with Crippen molar-refractivity contribution in [3.63, 3.8) is 0 Å². The second-order valence-corrected chi connectivity index (χ2v) is 7.92. The molecule has 6 aliphatic rings.